The first-order chi connectivity index (χ1) is 14.1. The molecule has 0 saturated heterocycles. The summed E-state index contributed by atoms with van der Waals surface area (Å²) in [4.78, 5) is 10.7. The van der Waals surface area contributed by atoms with Crippen LogP contribution in [0.2, 0.25) is 0 Å². The van der Waals surface area contributed by atoms with Crippen LogP contribution in [0.1, 0.15) is 49.3 Å². The number of hydrogen-bond acceptors (Lipinski definition) is 3. The molecule has 0 radical (unpaired) electrons. The fraction of sp³-hybridized carbons (Fsp3) is 0.320. The van der Waals surface area contributed by atoms with E-state index in [0.717, 1.165) is 19.3 Å². The lowest BCUT2D eigenvalue weighted by Gasteiger charge is -2.21. The fourth-order valence-electron chi connectivity index (χ4n) is 4.51. The van der Waals surface area contributed by atoms with Gasteiger partial charge in [-0.05, 0) is 66.1 Å². The molecule has 0 aliphatic heterocycles. The SMILES string of the molecule is C[C@@H](N[C@H]1CC[C@@H](c2cccc(OCC(=O)O)c2)C1)c1cccc2ccccc12. The number of ether oxygens (including phenoxy) is 1. The summed E-state index contributed by atoms with van der Waals surface area (Å²) in [6.07, 6.45) is 3.35. The summed E-state index contributed by atoms with van der Waals surface area (Å²) in [5.41, 5.74) is 2.57. The third-order valence-electron chi connectivity index (χ3n) is 5.90. The van der Waals surface area contributed by atoms with Crippen molar-refractivity contribution in [3.8, 4) is 5.75 Å². The number of carbonyl (C=O) groups is 1. The Hall–Kier alpha value is -2.85. The van der Waals surface area contributed by atoms with Gasteiger partial charge in [-0.15, -0.1) is 0 Å². The van der Waals surface area contributed by atoms with Gasteiger partial charge in [-0.1, -0.05) is 54.6 Å². The fourth-order valence-corrected chi connectivity index (χ4v) is 4.51. The smallest absolute Gasteiger partial charge is 0.341 e. The maximum atomic E-state index is 10.7. The Labute approximate surface area is 171 Å². The number of carboxylic acids is 1. The minimum absolute atomic E-state index is 0.287. The van der Waals surface area contributed by atoms with E-state index in [4.69, 9.17) is 9.84 Å². The highest BCUT2D eigenvalue weighted by Gasteiger charge is 2.27. The monoisotopic (exact) mass is 389 g/mol. The summed E-state index contributed by atoms with van der Waals surface area (Å²) in [6, 6.07) is 23.7. The summed E-state index contributed by atoms with van der Waals surface area (Å²) in [6.45, 7) is 1.94. The van der Waals surface area contributed by atoms with Crippen molar-refractivity contribution < 1.29 is 14.6 Å². The van der Waals surface area contributed by atoms with E-state index < -0.39 is 5.97 Å². The van der Waals surface area contributed by atoms with Gasteiger partial charge < -0.3 is 15.2 Å². The zero-order chi connectivity index (χ0) is 20.2. The minimum atomic E-state index is -0.956. The van der Waals surface area contributed by atoms with Gasteiger partial charge >= 0.3 is 5.97 Å². The molecule has 4 nitrogen and oxygen atoms in total. The lowest BCUT2D eigenvalue weighted by Crippen LogP contribution is -2.29. The Morgan fingerprint density at radius 2 is 1.90 bits per heavy atom. The van der Waals surface area contributed by atoms with Gasteiger partial charge in [0.05, 0.1) is 0 Å². The van der Waals surface area contributed by atoms with E-state index in [1.54, 1.807) is 0 Å². The predicted molar refractivity (Wildman–Crippen MR) is 115 cm³/mol. The Kier molecular flexibility index (Phi) is 5.81. The standard InChI is InChI=1S/C25H27NO3/c1-17(23-11-5-7-18-6-2-3-10-24(18)23)26-21-13-12-20(14-21)19-8-4-9-22(15-19)29-16-25(27)28/h2-11,15,17,20-21,26H,12-14,16H2,1H3,(H,27,28)/t17-,20-,21+/m1/s1. The van der Waals surface area contributed by atoms with Crippen LogP contribution in [0.25, 0.3) is 10.8 Å². The first-order valence-corrected chi connectivity index (χ1v) is 10.3. The third-order valence-corrected chi connectivity index (χ3v) is 5.90. The second-order valence-electron chi connectivity index (χ2n) is 7.92. The molecular formula is C25H27NO3. The van der Waals surface area contributed by atoms with E-state index in [0.29, 0.717) is 17.7 Å². The van der Waals surface area contributed by atoms with Crippen LogP contribution in [-0.4, -0.2) is 23.7 Å². The van der Waals surface area contributed by atoms with Crippen molar-refractivity contribution in [2.75, 3.05) is 6.61 Å². The maximum Gasteiger partial charge on any atom is 0.341 e. The van der Waals surface area contributed by atoms with E-state index in [1.807, 2.05) is 18.2 Å². The van der Waals surface area contributed by atoms with E-state index in [2.05, 4.69) is 60.8 Å². The molecule has 0 spiro atoms. The van der Waals surface area contributed by atoms with Gasteiger partial charge in [-0.2, -0.15) is 0 Å². The van der Waals surface area contributed by atoms with Crippen LogP contribution in [0.3, 0.4) is 0 Å². The highest BCUT2D eigenvalue weighted by Crippen LogP contribution is 2.37. The topological polar surface area (TPSA) is 58.6 Å². The molecule has 0 aromatic heterocycles. The number of fused-ring (bicyclic) bond motifs is 1. The Balaban J connectivity index is 1.41. The van der Waals surface area contributed by atoms with Crippen LogP contribution in [0.4, 0.5) is 0 Å². The number of aliphatic carboxylic acids is 1. The zero-order valence-corrected chi connectivity index (χ0v) is 16.7. The average Bonchev–Trinajstić information content (AvgIpc) is 3.20. The lowest BCUT2D eigenvalue weighted by atomic mass is 9.96. The third kappa shape index (κ3) is 4.60. The summed E-state index contributed by atoms with van der Waals surface area (Å²) in [5, 5.41) is 15.2. The van der Waals surface area contributed by atoms with Gasteiger partial charge in [0.1, 0.15) is 5.75 Å². The minimum Gasteiger partial charge on any atom is -0.482 e. The number of rotatable bonds is 7. The highest BCUT2D eigenvalue weighted by atomic mass is 16.5. The zero-order valence-electron chi connectivity index (χ0n) is 16.7. The van der Waals surface area contributed by atoms with Crippen molar-refractivity contribution in [2.45, 2.75) is 44.2 Å². The molecule has 0 bridgehead atoms. The molecule has 0 amide bonds. The second-order valence-corrected chi connectivity index (χ2v) is 7.92. The van der Waals surface area contributed by atoms with E-state index in [1.165, 1.54) is 21.9 Å². The summed E-state index contributed by atoms with van der Waals surface area (Å²) in [5.74, 6) is 0.147. The second kappa shape index (κ2) is 8.66. The van der Waals surface area contributed by atoms with Gasteiger partial charge in [0.2, 0.25) is 0 Å². The van der Waals surface area contributed by atoms with Crippen molar-refractivity contribution >= 4 is 16.7 Å². The molecule has 1 aliphatic carbocycles. The largest absolute Gasteiger partial charge is 0.482 e. The van der Waals surface area contributed by atoms with Crippen LogP contribution in [-0.2, 0) is 4.79 Å². The highest BCUT2D eigenvalue weighted by molar-refractivity contribution is 5.86. The van der Waals surface area contributed by atoms with Crippen LogP contribution in [0.15, 0.2) is 66.7 Å². The first kappa shape index (κ1) is 19.5. The van der Waals surface area contributed by atoms with Gasteiger partial charge in [-0.3, -0.25) is 0 Å². The molecule has 0 unspecified atom stereocenters. The maximum absolute atomic E-state index is 10.7. The van der Waals surface area contributed by atoms with Gasteiger partial charge in [0, 0.05) is 12.1 Å². The molecule has 0 heterocycles. The van der Waals surface area contributed by atoms with Crippen molar-refractivity contribution in [1.29, 1.82) is 0 Å². The van der Waals surface area contributed by atoms with Crippen LogP contribution in [0, 0.1) is 0 Å². The van der Waals surface area contributed by atoms with Crippen molar-refractivity contribution in [3.05, 3.63) is 77.9 Å². The normalized spacial score (nSPS) is 19.9. The van der Waals surface area contributed by atoms with Crippen LogP contribution < -0.4 is 10.1 Å². The molecule has 4 rings (SSSR count). The van der Waals surface area contributed by atoms with Gasteiger partial charge in [-0.25, -0.2) is 4.79 Å². The Bertz CT molecular complexity index is 995. The average molecular weight is 389 g/mol. The predicted octanol–water partition coefficient (Wildman–Crippen LogP) is 5.29. The molecule has 1 saturated carbocycles. The molecule has 1 aliphatic rings. The van der Waals surface area contributed by atoms with Crippen molar-refractivity contribution in [3.63, 3.8) is 0 Å². The van der Waals surface area contributed by atoms with Gasteiger partial charge in [0.15, 0.2) is 6.61 Å². The van der Waals surface area contributed by atoms with E-state index in [-0.39, 0.29) is 12.6 Å². The quantitative estimate of drug-likeness (QED) is 0.576. The molecule has 3 atom stereocenters. The molecule has 2 N–H and O–H groups in total. The van der Waals surface area contributed by atoms with Crippen LogP contribution in [0.5, 0.6) is 5.75 Å². The van der Waals surface area contributed by atoms with Crippen molar-refractivity contribution in [1.82, 2.24) is 5.32 Å². The molecule has 3 aromatic carbocycles. The molecular weight excluding hydrogens is 362 g/mol. The number of carboxylic acid groups (broad SMARTS) is 1. The first-order valence-electron chi connectivity index (χ1n) is 10.3. The van der Waals surface area contributed by atoms with Crippen molar-refractivity contribution in [2.24, 2.45) is 0 Å². The van der Waals surface area contributed by atoms with E-state index >= 15 is 0 Å². The summed E-state index contributed by atoms with van der Waals surface area (Å²) < 4.78 is 5.34. The molecule has 3 aromatic rings. The number of benzene rings is 3. The molecule has 1 fully saturated rings. The molecule has 4 heteroatoms. The molecule has 29 heavy (non-hydrogen) atoms. The summed E-state index contributed by atoms with van der Waals surface area (Å²) in [7, 11) is 0. The van der Waals surface area contributed by atoms with Crippen LogP contribution >= 0.6 is 0 Å². The van der Waals surface area contributed by atoms with Gasteiger partial charge in [0.25, 0.3) is 0 Å². The number of hydrogen-bond donors (Lipinski definition) is 2. The summed E-state index contributed by atoms with van der Waals surface area (Å²) >= 11 is 0. The van der Waals surface area contributed by atoms with E-state index in [9.17, 15) is 4.79 Å². The Morgan fingerprint density at radius 3 is 2.76 bits per heavy atom. The number of nitrogens with one attached hydrogen (secondary N) is 1. The lowest BCUT2D eigenvalue weighted by molar-refractivity contribution is -0.139. The molecule has 150 valence electrons. The Morgan fingerprint density at radius 1 is 1.10 bits per heavy atom.